The van der Waals surface area contributed by atoms with E-state index in [0.717, 1.165) is 19.3 Å². The highest BCUT2D eigenvalue weighted by molar-refractivity contribution is 6.31. The van der Waals surface area contributed by atoms with Gasteiger partial charge in [-0.3, -0.25) is 0 Å². The Balaban J connectivity index is 2.11. The molecule has 3 nitrogen and oxygen atoms in total. The van der Waals surface area contributed by atoms with Crippen LogP contribution < -0.4 is 4.74 Å². The first-order valence-electron chi connectivity index (χ1n) is 5.25. The third-order valence-electron chi connectivity index (χ3n) is 2.77. The van der Waals surface area contributed by atoms with Crippen molar-refractivity contribution in [3.8, 4) is 11.8 Å². The Labute approximate surface area is 99.2 Å². The molecule has 2 rings (SSSR count). The van der Waals surface area contributed by atoms with E-state index < -0.39 is 6.10 Å². The summed E-state index contributed by atoms with van der Waals surface area (Å²) in [4.78, 5) is 0. The van der Waals surface area contributed by atoms with Gasteiger partial charge in [0.25, 0.3) is 0 Å². The number of benzene rings is 1. The highest BCUT2D eigenvalue weighted by Gasteiger charge is 2.26. The molecule has 1 aromatic carbocycles. The maximum Gasteiger partial charge on any atom is 0.124 e. The molecule has 2 unspecified atom stereocenters. The molecule has 1 aromatic rings. The molecule has 0 radical (unpaired) electrons. The molecule has 0 bridgehead atoms. The van der Waals surface area contributed by atoms with Crippen LogP contribution >= 0.6 is 11.6 Å². The number of nitriles is 1. The molecular formula is C12H12ClNO2. The van der Waals surface area contributed by atoms with Crippen LogP contribution in [-0.4, -0.2) is 17.3 Å². The Morgan fingerprint density at radius 1 is 1.44 bits per heavy atom. The van der Waals surface area contributed by atoms with Crippen LogP contribution in [0.4, 0.5) is 0 Å². The summed E-state index contributed by atoms with van der Waals surface area (Å²) in [6.45, 7) is 0. The van der Waals surface area contributed by atoms with Crippen LogP contribution in [-0.2, 0) is 0 Å². The summed E-state index contributed by atoms with van der Waals surface area (Å²) in [5.74, 6) is 0.606. The first-order valence-corrected chi connectivity index (χ1v) is 5.63. The topological polar surface area (TPSA) is 53.2 Å². The van der Waals surface area contributed by atoms with Gasteiger partial charge < -0.3 is 9.84 Å². The monoisotopic (exact) mass is 237 g/mol. The van der Waals surface area contributed by atoms with Crippen LogP contribution in [0.5, 0.6) is 5.75 Å². The van der Waals surface area contributed by atoms with Gasteiger partial charge >= 0.3 is 0 Å². The lowest BCUT2D eigenvalue weighted by Crippen LogP contribution is -2.25. The third kappa shape index (κ3) is 2.29. The number of ether oxygens (including phenoxy) is 1. The molecule has 0 aromatic heterocycles. The molecule has 0 saturated heterocycles. The molecule has 4 heteroatoms. The van der Waals surface area contributed by atoms with Crippen LogP contribution in [0.25, 0.3) is 0 Å². The summed E-state index contributed by atoms with van der Waals surface area (Å²) in [7, 11) is 0. The number of nitrogens with zero attached hydrogens (tertiary/aromatic N) is 1. The van der Waals surface area contributed by atoms with Crippen molar-refractivity contribution in [1.29, 1.82) is 5.26 Å². The lowest BCUT2D eigenvalue weighted by molar-refractivity contribution is 0.0604. The molecule has 0 aliphatic heterocycles. The van der Waals surface area contributed by atoms with Crippen molar-refractivity contribution in [1.82, 2.24) is 0 Å². The van der Waals surface area contributed by atoms with Crippen LogP contribution in [0, 0.1) is 11.3 Å². The maximum absolute atomic E-state index is 9.61. The second kappa shape index (κ2) is 4.73. The minimum absolute atomic E-state index is 0.149. The maximum atomic E-state index is 9.61. The van der Waals surface area contributed by atoms with Gasteiger partial charge in [0.2, 0.25) is 0 Å². The molecule has 0 spiro atoms. The smallest absolute Gasteiger partial charge is 0.124 e. The Morgan fingerprint density at radius 2 is 2.25 bits per heavy atom. The van der Waals surface area contributed by atoms with Crippen molar-refractivity contribution >= 4 is 11.6 Å². The summed E-state index contributed by atoms with van der Waals surface area (Å²) < 4.78 is 5.62. The van der Waals surface area contributed by atoms with Gasteiger partial charge in [0.1, 0.15) is 17.9 Å². The first-order chi connectivity index (χ1) is 7.70. The van der Waals surface area contributed by atoms with Crippen molar-refractivity contribution in [3.63, 3.8) is 0 Å². The number of hydrogen-bond acceptors (Lipinski definition) is 3. The molecule has 1 saturated carbocycles. The molecule has 84 valence electrons. The number of aliphatic hydroxyl groups is 1. The van der Waals surface area contributed by atoms with E-state index in [-0.39, 0.29) is 6.10 Å². The minimum Gasteiger partial charge on any atom is -0.488 e. The SMILES string of the molecule is N#Cc1ccc(OC2CCCC2O)cc1Cl. The molecule has 1 fully saturated rings. The number of aliphatic hydroxyl groups excluding tert-OH is 1. The zero-order chi connectivity index (χ0) is 11.5. The van der Waals surface area contributed by atoms with Gasteiger partial charge in [-0.25, -0.2) is 0 Å². The van der Waals surface area contributed by atoms with Gasteiger partial charge in [-0.15, -0.1) is 0 Å². The summed E-state index contributed by atoms with van der Waals surface area (Å²) in [5.41, 5.74) is 0.431. The first kappa shape index (κ1) is 11.3. The van der Waals surface area contributed by atoms with Crippen molar-refractivity contribution in [3.05, 3.63) is 28.8 Å². The fraction of sp³-hybridized carbons (Fsp3) is 0.417. The van der Waals surface area contributed by atoms with Gasteiger partial charge in [0.05, 0.1) is 16.7 Å². The lowest BCUT2D eigenvalue weighted by atomic mass is 10.2. The number of rotatable bonds is 2. The summed E-state index contributed by atoms with van der Waals surface area (Å²) in [5, 5.41) is 18.7. The van der Waals surface area contributed by atoms with Crippen LogP contribution in [0.1, 0.15) is 24.8 Å². The molecule has 16 heavy (non-hydrogen) atoms. The standard InChI is InChI=1S/C12H12ClNO2/c13-10-6-9(5-4-8(10)7-14)16-12-3-1-2-11(12)15/h4-6,11-12,15H,1-3H2. The van der Waals surface area contributed by atoms with E-state index in [4.69, 9.17) is 21.6 Å². The van der Waals surface area contributed by atoms with Crippen LogP contribution in [0.2, 0.25) is 5.02 Å². The van der Waals surface area contributed by atoms with E-state index in [0.29, 0.717) is 16.3 Å². The van der Waals surface area contributed by atoms with Gasteiger partial charge in [0, 0.05) is 6.07 Å². The molecular weight excluding hydrogens is 226 g/mol. The van der Waals surface area contributed by atoms with E-state index in [1.165, 1.54) is 0 Å². The molecule has 1 aliphatic rings. The zero-order valence-corrected chi connectivity index (χ0v) is 9.44. The highest BCUT2D eigenvalue weighted by Crippen LogP contribution is 2.27. The van der Waals surface area contributed by atoms with Crippen LogP contribution in [0.3, 0.4) is 0 Å². The normalized spacial score (nSPS) is 24.1. The highest BCUT2D eigenvalue weighted by atomic mass is 35.5. The predicted octanol–water partition coefficient (Wildman–Crippen LogP) is 2.50. The molecule has 0 amide bonds. The minimum atomic E-state index is -0.394. The van der Waals surface area contributed by atoms with Crippen molar-refractivity contribution in [2.75, 3.05) is 0 Å². The Hall–Kier alpha value is -1.24. The Morgan fingerprint density at radius 3 is 2.81 bits per heavy atom. The summed E-state index contributed by atoms with van der Waals surface area (Å²) in [6, 6.07) is 6.93. The molecule has 1 aliphatic carbocycles. The van der Waals surface area contributed by atoms with Gasteiger partial charge in [-0.05, 0) is 31.4 Å². The quantitative estimate of drug-likeness (QED) is 0.860. The molecule has 1 N–H and O–H groups in total. The number of halogens is 1. The van der Waals surface area contributed by atoms with Crippen molar-refractivity contribution < 1.29 is 9.84 Å². The van der Waals surface area contributed by atoms with Crippen LogP contribution in [0.15, 0.2) is 18.2 Å². The third-order valence-corrected chi connectivity index (χ3v) is 3.08. The summed E-state index contributed by atoms with van der Waals surface area (Å²) >= 11 is 5.89. The van der Waals surface area contributed by atoms with E-state index in [1.807, 2.05) is 6.07 Å². The van der Waals surface area contributed by atoms with Gasteiger partial charge in [0.15, 0.2) is 0 Å². The second-order valence-electron chi connectivity index (χ2n) is 3.91. The molecule has 0 heterocycles. The number of hydrogen-bond donors (Lipinski definition) is 1. The van der Waals surface area contributed by atoms with Crippen molar-refractivity contribution in [2.24, 2.45) is 0 Å². The van der Waals surface area contributed by atoms with Gasteiger partial charge in [-0.1, -0.05) is 11.6 Å². The van der Waals surface area contributed by atoms with Crippen molar-refractivity contribution in [2.45, 2.75) is 31.5 Å². The summed E-state index contributed by atoms with van der Waals surface area (Å²) in [6.07, 6.45) is 2.09. The predicted molar refractivity (Wildman–Crippen MR) is 60.4 cm³/mol. The van der Waals surface area contributed by atoms with E-state index in [1.54, 1.807) is 18.2 Å². The zero-order valence-electron chi connectivity index (χ0n) is 8.69. The molecule has 2 atom stereocenters. The average molecular weight is 238 g/mol. The Kier molecular flexibility index (Phi) is 3.33. The second-order valence-corrected chi connectivity index (χ2v) is 4.32. The Bertz CT molecular complexity index is 428. The van der Waals surface area contributed by atoms with E-state index >= 15 is 0 Å². The fourth-order valence-electron chi connectivity index (χ4n) is 1.88. The largest absolute Gasteiger partial charge is 0.488 e. The van der Waals surface area contributed by atoms with E-state index in [2.05, 4.69) is 0 Å². The fourth-order valence-corrected chi connectivity index (χ4v) is 2.09. The van der Waals surface area contributed by atoms with E-state index in [9.17, 15) is 5.11 Å². The lowest BCUT2D eigenvalue weighted by Gasteiger charge is -2.17. The average Bonchev–Trinajstić information content (AvgIpc) is 2.65. The van der Waals surface area contributed by atoms with Gasteiger partial charge in [-0.2, -0.15) is 5.26 Å².